The van der Waals surface area contributed by atoms with Crippen LogP contribution in [-0.2, 0) is 15.9 Å². The molecule has 1 aliphatic heterocycles. The lowest BCUT2D eigenvalue weighted by atomic mass is 10.0. The molecule has 0 spiro atoms. The van der Waals surface area contributed by atoms with Crippen LogP contribution in [0.15, 0.2) is 32.7 Å². The number of methoxy groups -OCH3 is 2. The van der Waals surface area contributed by atoms with Gasteiger partial charge in [-0.3, -0.25) is 0 Å². The smallest absolute Gasteiger partial charge is 0.209 e. The molecule has 22 heavy (non-hydrogen) atoms. The fourth-order valence-corrected chi connectivity index (χ4v) is 2.72. The lowest BCUT2D eigenvalue weighted by molar-refractivity contribution is 0.332. The first-order chi connectivity index (χ1) is 10.5. The van der Waals surface area contributed by atoms with Crippen molar-refractivity contribution in [1.29, 1.82) is 0 Å². The summed E-state index contributed by atoms with van der Waals surface area (Å²) in [4.78, 5) is 9.16. The third-order valence-corrected chi connectivity index (χ3v) is 4.06. The van der Waals surface area contributed by atoms with Gasteiger partial charge in [0.25, 0.3) is 0 Å². The summed E-state index contributed by atoms with van der Waals surface area (Å²) in [7, 11) is 3.15. The maximum Gasteiger partial charge on any atom is 0.209 e. The molecule has 2 atom stereocenters. The van der Waals surface area contributed by atoms with Gasteiger partial charge in [-0.05, 0) is 23.6 Å². The lowest BCUT2D eigenvalue weighted by Crippen LogP contribution is -2.38. The fraction of sp³-hybridized carbons (Fsp3) is 0.500. The van der Waals surface area contributed by atoms with E-state index in [1.165, 1.54) is 6.07 Å². The van der Waals surface area contributed by atoms with Gasteiger partial charge < -0.3 is 9.47 Å². The van der Waals surface area contributed by atoms with E-state index in [0.717, 1.165) is 0 Å². The molecule has 4 nitrogen and oxygen atoms in total. The van der Waals surface area contributed by atoms with Gasteiger partial charge in [0.15, 0.2) is 0 Å². The predicted octanol–water partition coefficient (Wildman–Crippen LogP) is 3.63. The maximum absolute atomic E-state index is 14.0. The number of benzene rings is 1. The summed E-state index contributed by atoms with van der Waals surface area (Å²) in [6, 6.07) is 4.46. The maximum atomic E-state index is 14.0. The molecule has 0 aromatic heterocycles. The summed E-state index contributed by atoms with van der Waals surface area (Å²) in [5.74, 6) is 1.05. The van der Waals surface area contributed by atoms with Gasteiger partial charge in [-0.25, -0.2) is 14.4 Å². The molecule has 0 amide bonds. The van der Waals surface area contributed by atoms with E-state index in [-0.39, 0.29) is 23.8 Å². The Kier molecular flexibility index (Phi) is 5.56. The van der Waals surface area contributed by atoms with Crippen LogP contribution in [-0.4, -0.2) is 38.1 Å². The third-order valence-electron chi connectivity index (χ3n) is 3.57. The Labute approximate surface area is 138 Å². The van der Waals surface area contributed by atoms with Crippen molar-refractivity contribution in [3.8, 4) is 0 Å². The van der Waals surface area contributed by atoms with E-state index in [9.17, 15) is 4.39 Å². The first-order valence-corrected chi connectivity index (χ1v) is 7.92. The molecule has 0 saturated carbocycles. The number of rotatable bonds is 3. The predicted molar refractivity (Wildman–Crippen MR) is 89.1 cm³/mol. The van der Waals surface area contributed by atoms with Crippen LogP contribution >= 0.6 is 15.9 Å². The van der Waals surface area contributed by atoms with Crippen LogP contribution in [0, 0.1) is 11.7 Å². The van der Waals surface area contributed by atoms with Crippen molar-refractivity contribution in [1.82, 2.24) is 0 Å². The highest BCUT2D eigenvalue weighted by Gasteiger charge is 2.31. The highest BCUT2D eigenvalue weighted by atomic mass is 79.9. The molecular formula is C16H20BrFN2O2. The van der Waals surface area contributed by atoms with Gasteiger partial charge in [0, 0.05) is 10.9 Å². The molecule has 6 heteroatoms. The molecule has 120 valence electrons. The molecule has 0 bridgehead atoms. The molecule has 1 aliphatic rings. The first kappa shape index (κ1) is 16.9. The largest absolute Gasteiger partial charge is 0.483 e. The molecule has 0 fully saturated rings. The average Bonchev–Trinajstić information content (AvgIpc) is 2.49. The first-order valence-electron chi connectivity index (χ1n) is 7.13. The Morgan fingerprint density at radius 2 is 1.86 bits per heavy atom. The molecule has 1 aromatic rings. The fourth-order valence-electron chi connectivity index (χ4n) is 2.39. The molecule has 0 radical (unpaired) electrons. The van der Waals surface area contributed by atoms with E-state index >= 15 is 0 Å². The molecule has 2 rings (SSSR count). The minimum absolute atomic E-state index is 0.161. The van der Waals surface area contributed by atoms with E-state index in [1.807, 2.05) is 19.9 Å². The highest BCUT2D eigenvalue weighted by molar-refractivity contribution is 9.10. The van der Waals surface area contributed by atoms with E-state index in [0.29, 0.717) is 28.3 Å². The van der Waals surface area contributed by atoms with E-state index in [1.54, 1.807) is 20.3 Å². The quantitative estimate of drug-likeness (QED) is 0.815. The number of halogens is 2. The SMILES string of the molecule is COC1=N[C@H](C(C)C)C(OC)=N[C@H]1Cc1ccc(Br)cc1F. The van der Waals surface area contributed by atoms with Gasteiger partial charge >= 0.3 is 0 Å². The van der Waals surface area contributed by atoms with Crippen molar-refractivity contribution >= 4 is 27.7 Å². The number of ether oxygens (including phenoxy) is 2. The zero-order valence-corrected chi connectivity index (χ0v) is 14.7. The van der Waals surface area contributed by atoms with Crippen LogP contribution in [0.1, 0.15) is 19.4 Å². The summed E-state index contributed by atoms with van der Waals surface area (Å²) in [5.41, 5.74) is 0.570. The van der Waals surface area contributed by atoms with Crippen molar-refractivity contribution < 1.29 is 13.9 Å². The van der Waals surface area contributed by atoms with Crippen LogP contribution < -0.4 is 0 Å². The van der Waals surface area contributed by atoms with Gasteiger partial charge in [-0.15, -0.1) is 0 Å². The Hall–Kier alpha value is -1.43. The monoisotopic (exact) mass is 370 g/mol. The number of aliphatic imine (C=N–C) groups is 2. The van der Waals surface area contributed by atoms with E-state index < -0.39 is 0 Å². The van der Waals surface area contributed by atoms with Crippen LogP contribution in [0.5, 0.6) is 0 Å². The Morgan fingerprint density at radius 3 is 2.41 bits per heavy atom. The minimum Gasteiger partial charge on any atom is -0.483 e. The number of hydrogen-bond donors (Lipinski definition) is 0. The Balaban J connectivity index is 2.29. The van der Waals surface area contributed by atoms with Crippen molar-refractivity contribution in [2.45, 2.75) is 32.4 Å². The van der Waals surface area contributed by atoms with Gasteiger partial charge in [0.2, 0.25) is 11.8 Å². The molecular weight excluding hydrogens is 351 g/mol. The van der Waals surface area contributed by atoms with Crippen LogP contribution in [0.3, 0.4) is 0 Å². The second-order valence-corrected chi connectivity index (χ2v) is 6.40. The highest BCUT2D eigenvalue weighted by Crippen LogP contribution is 2.22. The standard InChI is InChI=1S/C16H20BrFN2O2/c1-9(2)14-16(22-4)19-13(15(20-14)21-3)7-10-5-6-11(17)8-12(10)18/h5-6,8-9,13-14H,7H2,1-4H3/t13-,14+/m0/s1. The van der Waals surface area contributed by atoms with Gasteiger partial charge in [0.1, 0.15) is 17.9 Å². The van der Waals surface area contributed by atoms with Crippen molar-refractivity contribution in [3.05, 3.63) is 34.1 Å². The second kappa shape index (κ2) is 7.22. The summed E-state index contributed by atoms with van der Waals surface area (Å²) < 4.78 is 25.5. The van der Waals surface area contributed by atoms with Crippen LogP contribution in [0.4, 0.5) is 4.39 Å². The summed E-state index contributed by atoms with van der Waals surface area (Å²) in [5, 5.41) is 0. The van der Waals surface area contributed by atoms with E-state index in [4.69, 9.17) is 9.47 Å². The van der Waals surface area contributed by atoms with Crippen molar-refractivity contribution in [2.24, 2.45) is 15.9 Å². The summed E-state index contributed by atoms with van der Waals surface area (Å²) in [6.45, 7) is 4.09. The van der Waals surface area contributed by atoms with E-state index in [2.05, 4.69) is 25.9 Å². The Morgan fingerprint density at radius 1 is 1.18 bits per heavy atom. The minimum atomic E-state index is -0.370. The summed E-state index contributed by atoms with van der Waals surface area (Å²) >= 11 is 3.26. The average molecular weight is 371 g/mol. The molecule has 0 aliphatic carbocycles. The van der Waals surface area contributed by atoms with Crippen molar-refractivity contribution in [2.75, 3.05) is 14.2 Å². The van der Waals surface area contributed by atoms with Crippen molar-refractivity contribution in [3.63, 3.8) is 0 Å². The zero-order chi connectivity index (χ0) is 16.3. The summed E-state index contributed by atoms with van der Waals surface area (Å²) in [6.07, 6.45) is 0.378. The second-order valence-electron chi connectivity index (χ2n) is 5.49. The number of nitrogens with zero attached hydrogens (tertiary/aromatic N) is 2. The normalized spacial score (nSPS) is 21.4. The van der Waals surface area contributed by atoms with Crippen LogP contribution in [0.2, 0.25) is 0 Å². The molecule has 1 heterocycles. The molecule has 0 saturated heterocycles. The van der Waals surface area contributed by atoms with Crippen LogP contribution in [0.25, 0.3) is 0 Å². The molecule has 0 unspecified atom stereocenters. The topological polar surface area (TPSA) is 43.2 Å². The van der Waals surface area contributed by atoms with Gasteiger partial charge in [-0.1, -0.05) is 35.8 Å². The molecule has 1 aromatic carbocycles. The molecule has 0 N–H and O–H groups in total. The third kappa shape index (κ3) is 3.66. The lowest BCUT2D eigenvalue weighted by Gasteiger charge is -2.27. The number of hydrogen-bond acceptors (Lipinski definition) is 4. The van der Waals surface area contributed by atoms with Gasteiger partial charge in [-0.2, -0.15) is 0 Å². The van der Waals surface area contributed by atoms with Gasteiger partial charge in [0.05, 0.1) is 14.2 Å². The Bertz CT molecular complexity index is 602. The zero-order valence-electron chi connectivity index (χ0n) is 13.1.